The van der Waals surface area contributed by atoms with Gasteiger partial charge in [-0.15, -0.1) is 0 Å². The van der Waals surface area contributed by atoms with Crippen LogP contribution in [-0.4, -0.2) is 21.4 Å². The molecule has 2 amide bonds. The third kappa shape index (κ3) is 5.37. The Morgan fingerprint density at radius 3 is 2.44 bits per heavy atom. The molecule has 3 aromatic carbocycles. The number of imidazole rings is 1. The molecule has 0 spiro atoms. The molecule has 1 aromatic heterocycles. The first-order valence-corrected chi connectivity index (χ1v) is 10.5. The molecule has 0 aliphatic rings. The Morgan fingerprint density at radius 1 is 0.971 bits per heavy atom. The average molecular weight is 487 g/mol. The summed E-state index contributed by atoms with van der Waals surface area (Å²) < 4.78 is 40.5. The van der Waals surface area contributed by atoms with Crippen LogP contribution in [0.25, 0.3) is 11.0 Å². The number of nitrogens with zero attached hydrogens (tertiary/aromatic N) is 2. The van der Waals surface area contributed by atoms with Gasteiger partial charge in [-0.1, -0.05) is 29.8 Å². The molecule has 4 rings (SSSR count). The number of nitrogens with one attached hydrogen (secondary N) is 2. The van der Waals surface area contributed by atoms with Gasteiger partial charge in [-0.2, -0.15) is 13.2 Å². The first-order valence-electron chi connectivity index (χ1n) is 10.2. The van der Waals surface area contributed by atoms with E-state index in [1.165, 1.54) is 12.1 Å². The number of benzene rings is 3. The van der Waals surface area contributed by atoms with Crippen LogP contribution < -0.4 is 10.6 Å². The van der Waals surface area contributed by atoms with Gasteiger partial charge in [-0.05, 0) is 54.6 Å². The number of alkyl halides is 3. The van der Waals surface area contributed by atoms with E-state index in [-0.39, 0.29) is 24.7 Å². The van der Waals surface area contributed by atoms with Crippen LogP contribution in [0.3, 0.4) is 0 Å². The standard InChI is InChI=1S/C24H18ClF3N4O2/c25-17-10-8-15(9-11-17)23(34)29-13-21-31-19-6-1-2-7-20(19)32(21)14-22(33)30-18-5-3-4-16(12-18)24(26,27)28/h1-12H,13-14H2,(H,29,34)(H,30,33). The maximum atomic E-state index is 13.0. The third-order valence-corrected chi connectivity index (χ3v) is 5.27. The van der Waals surface area contributed by atoms with E-state index in [0.717, 1.165) is 12.1 Å². The van der Waals surface area contributed by atoms with Crippen molar-refractivity contribution in [2.45, 2.75) is 19.3 Å². The molecule has 0 atom stereocenters. The van der Waals surface area contributed by atoms with Gasteiger partial charge in [0.05, 0.1) is 23.1 Å². The van der Waals surface area contributed by atoms with Gasteiger partial charge in [0.15, 0.2) is 0 Å². The Labute approximate surface area is 197 Å². The highest BCUT2D eigenvalue weighted by molar-refractivity contribution is 6.30. The van der Waals surface area contributed by atoms with E-state index in [1.807, 2.05) is 0 Å². The summed E-state index contributed by atoms with van der Waals surface area (Å²) in [7, 11) is 0. The summed E-state index contributed by atoms with van der Waals surface area (Å²) in [5.41, 5.74) is 0.850. The van der Waals surface area contributed by atoms with Gasteiger partial charge >= 0.3 is 6.18 Å². The lowest BCUT2D eigenvalue weighted by Gasteiger charge is -2.12. The largest absolute Gasteiger partial charge is 0.416 e. The number of para-hydroxylation sites is 2. The Bertz CT molecular complexity index is 1350. The van der Waals surface area contributed by atoms with E-state index >= 15 is 0 Å². The zero-order chi connectivity index (χ0) is 24.3. The number of carbonyl (C=O) groups excluding carboxylic acids is 2. The molecular weight excluding hydrogens is 469 g/mol. The van der Waals surface area contributed by atoms with E-state index in [0.29, 0.717) is 27.4 Å². The second-order valence-electron chi connectivity index (χ2n) is 7.42. The van der Waals surface area contributed by atoms with Crippen LogP contribution in [0.4, 0.5) is 18.9 Å². The number of amides is 2. The predicted molar refractivity (Wildman–Crippen MR) is 122 cm³/mol. The van der Waals surface area contributed by atoms with E-state index < -0.39 is 17.6 Å². The van der Waals surface area contributed by atoms with Crippen LogP contribution in [0, 0.1) is 0 Å². The van der Waals surface area contributed by atoms with Crippen LogP contribution in [0.5, 0.6) is 0 Å². The first-order chi connectivity index (χ1) is 16.2. The van der Waals surface area contributed by atoms with Crippen LogP contribution in [-0.2, 0) is 24.1 Å². The smallest absolute Gasteiger partial charge is 0.345 e. The zero-order valence-electron chi connectivity index (χ0n) is 17.6. The second kappa shape index (κ2) is 9.56. The number of hydrogen-bond acceptors (Lipinski definition) is 3. The molecule has 174 valence electrons. The number of rotatable bonds is 6. The van der Waals surface area contributed by atoms with E-state index in [2.05, 4.69) is 15.6 Å². The highest BCUT2D eigenvalue weighted by atomic mass is 35.5. The number of hydrogen-bond donors (Lipinski definition) is 2. The normalized spacial score (nSPS) is 11.4. The number of aromatic nitrogens is 2. The van der Waals surface area contributed by atoms with Crippen molar-refractivity contribution in [2.75, 3.05) is 5.32 Å². The SMILES string of the molecule is O=C(Cn1c(CNC(=O)c2ccc(Cl)cc2)nc2ccccc21)Nc1cccc(C(F)(F)F)c1. The van der Waals surface area contributed by atoms with Crippen molar-refractivity contribution in [3.05, 3.63) is 94.8 Å². The molecule has 1 heterocycles. The molecule has 34 heavy (non-hydrogen) atoms. The van der Waals surface area contributed by atoms with Crippen molar-refractivity contribution in [1.82, 2.24) is 14.9 Å². The second-order valence-corrected chi connectivity index (χ2v) is 7.86. The predicted octanol–water partition coefficient (Wildman–Crippen LogP) is 5.28. The summed E-state index contributed by atoms with van der Waals surface area (Å²) in [5, 5.41) is 5.76. The van der Waals surface area contributed by atoms with Crippen LogP contribution in [0.15, 0.2) is 72.8 Å². The molecule has 0 aliphatic heterocycles. The molecule has 0 unspecified atom stereocenters. The van der Waals surface area contributed by atoms with Gasteiger partial charge in [0.25, 0.3) is 5.91 Å². The molecule has 0 saturated carbocycles. The van der Waals surface area contributed by atoms with E-state index in [4.69, 9.17) is 11.6 Å². The zero-order valence-corrected chi connectivity index (χ0v) is 18.3. The highest BCUT2D eigenvalue weighted by Crippen LogP contribution is 2.30. The topological polar surface area (TPSA) is 76.0 Å². The van der Waals surface area contributed by atoms with Crippen molar-refractivity contribution in [3.63, 3.8) is 0 Å². The fourth-order valence-electron chi connectivity index (χ4n) is 3.42. The maximum absolute atomic E-state index is 13.0. The lowest BCUT2D eigenvalue weighted by atomic mass is 10.2. The third-order valence-electron chi connectivity index (χ3n) is 5.02. The summed E-state index contributed by atoms with van der Waals surface area (Å²) in [6.45, 7) is -0.171. The molecule has 0 fully saturated rings. The summed E-state index contributed by atoms with van der Waals surface area (Å²) in [5.74, 6) is -0.459. The highest BCUT2D eigenvalue weighted by Gasteiger charge is 2.30. The molecule has 0 aliphatic carbocycles. The van der Waals surface area contributed by atoms with Gasteiger partial charge in [0, 0.05) is 16.3 Å². The van der Waals surface area contributed by atoms with Crippen LogP contribution in [0.1, 0.15) is 21.7 Å². The number of halogens is 4. The van der Waals surface area contributed by atoms with Crippen LogP contribution >= 0.6 is 11.6 Å². The fourth-order valence-corrected chi connectivity index (χ4v) is 3.54. The summed E-state index contributed by atoms with van der Waals surface area (Å²) >= 11 is 5.85. The number of fused-ring (bicyclic) bond motifs is 1. The summed E-state index contributed by atoms with van der Waals surface area (Å²) in [6.07, 6.45) is -4.52. The fraction of sp³-hybridized carbons (Fsp3) is 0.125. The van der Waals surface area contributed by atoms with Gasteiger partial charge in [-0.25, -0.2) is 4.98 Å². The van der Waals surface area contributed by atoms with E-state index in [1.54, 1.807) is 53.1 Å². The Morgan fingerprint density at radius 2 is 1.71 bits per heavy atom. The van der Waals surface area contributed by atoms with Gasteiger partial charge in [0.2, 0.25) is 5.91 Å². The van der Waals surface area contributed by atoms with Crippen molar-refractivity contribution in [1.29, 1.82) is 0 Å². The lowest BCUT2D eigenvalue weighted by Crippen LogP contribution is -2.26. The summed E-state index contributed by atoms with van der Waals surface area (Å²) in [6, 6.07) is 17.9. The van der Waals surface area contributed by atoms with Gasteiger partial charge in [0.1, 0.15) is 12.4 Å². The molecule has 0 bridgehead atoms. The van der Waals surface area contributed by atoms with Crippen molar-refractivity contribution < 1.29 is 22.8 Å². The molecule has 0 radical (unpaired) electrons. The molecule has 0 saturated heterocycles. The molecule has 6 nitrogen and oxygen atoms in total. The van der Waals surface area contributed by atoms with Crippen molar-refractivity contribution >= 4 is 40.1 Å². The average Bonchev–Trinajstić information content (AvgIpc) is 3.14. The Hall–Kier alpha value is -3.85. The first kappa shape index (κ1) is 23.3. The summed E-state index contributed by atoms with van der Waals surface area (Å²) in [4.78, 5) is 29.7. The number of anilines is 1. The van der Waals surface area contributed by atoms with Gasteiger partial charge < -0.3 is 15.2 Å². The van der Waals surface area contributed by atoms with Crippen molar-refractivity contribution in [3.8, 4) is 0 Å². The minimum Gasteiger partial charge on any atom is -0.345 e. The quantitative estimate of drug-likeness (QED) is 0.389. The maximum Gasteiger partial charge on any atom is 0.416 e. The Kier molecular flexibility index (Phi) is 6.56. The van der Waals surface area contributed by atoms with Crippen LogP contribution in [0.2, 0.25) is 5.02 Å². The minimum absolute atomic E-state index is 0.0295. The lowest BCUT2D eigenvalue weighted by molar-refractivity contribution is -0.137. The van der Waals surface area contributed by atoms with Gasteiger partial charge in [-0.3, -0.25) is 9.59 Å². The molecular formula is C24H18ClF3N4O2. The Balaban J connectivity index is 1.52. The van der Waals surface area contributed by atoms with E-state index in [9.17, 15) is 22.8 Å². The molecule has 2 N–H and O–H groups in total. The monoisotopic (exact) mass is 486 g/mol. The van der Waals surface area contributed by atoms with Crippen molar-refractivity contribution in [2.24, 2.45) is 0 Å². The molecule has 4 aromatic rings. The number of carbonyl (C=O) groups is 2. The molecule has 10 heteroatoms. The minimum atomic E-state index is -4.52.